The van der Waals surface area contributed by atoms with Crippen LogP contribution in [0.1, 0.15) is 16.7 Å². The van der Waals surface area contributed by atoms with Crippen molar-refractivity contribution in [3.8, 4) is 5.75 Å². The maximum Gasteiger partial charge on any atom is 0.326 e. The number of rotatable bonds is 9. The third-order valence-electron chi connectivity index (χ3n) is 4.59. The Kier molecular flexibility index (Phi) is 7.32. The van der Waals surface area contributed by atoms with Crippen molar-refractivity contribution in [2.75, 3.05) is 0 Å². The van der Waals surface area contributed by atoms with Gasteiger partial charge in [0, 0.05) is 6.42 Å². The number of aliphatic carboxylic acids is 1. The highest BCUT2D eigenvalue weighted by Crippen LogP contribution is 2.16. The van der Waals surface area contributed by atoms with Crippen molar-refractivity contribution in [1.82, 2.24) is 5.32 Å². The molecule has 3 rings (SSSR count). The number of carbonyl (C=O) groups excluding carboxylic acids is 1. The van der Waals surface area contributed by atoms with Crippen molar-refractivity contribution in [2.45, 2.75) is 25.5 Å². The Balaban J connectivity index is 1.55. The van der Waals surface area contributed by atoms with Crippen LogP contribution in [0, 0.1) is 11.6 Å². The lowest BCUT2D eigenvalue weighted by atomic mass is 10.0. The van der Waals surface area contributed by atoms with Crippen LogP contribution in [0.2, 0.25) is 0 Å². The number of hydrogen-bond acceptors (Lipinski definition) is 3. The van der Waals surface area contributed by atoms with Gasteiger partial charge in [-0.15, -0.1) is 0 Å². The normalized spacial score (nSPS) is 11.5. The maximum absolute atomic E-state index is 13.3. The average Bonchev–Trinajstić information content (AvgIpc) is 2.76. The molecule has 5 nitrogen and oxygen atoms in total. The Morgan fingerprint density at radius 1 is 0.871 bits per heavy atom. The summed E-state index contributed by atoms with van der Waals surface area (Å²) < 4.78 is 32.0. The molecule has 0 aliphatic rings. The number of carboxylic acid groups (broad SMARTS) is 1. The molecule has 0 heterocycles. The first-order chi connectivity index (χ1) is 14.9. The number of carboxylic acids is 1. The van der Waals surface area contributed by atoms with Gasteiger partial charge >= 0.3 is 5.97 Å². The quantitative estimate of drug-likeness (QED) is 0.545. The Bertz CT molecular complexity index is 1040. The van der Waals surface area contributed by atoms with Crippen molar-refractivity contribution in [3.63, 3.8) is 0 Å². The van der Waals surface area contributed by atoms with Crippen molar-refractivity contribution in [1.29, 1.82) is 0 Å². The molecule has 1 amide bonds. The second kappa shape index (κ2) is 10.3. The minimum Gasteiger partial charge on any atom is -0.489 e. The molecule has 0 unspecified atom stereocenters. The first-order valence-corrected chi connectivity index (χ1v) is 9.62. The lowest BCUT2D eigenvalue weighted by molar-refractivity contribution is -0.141. The molecular weight excluding hydrogens is 404 g/mol. The van der Waals surface area contributed by atoms with E-state index in [0.717, 1.165) is 17.7 Å². The molecule has 0 bridgehead atoms. The monoisotopic (exact) mass is 425 g/mol. The number of hydrogen-bond donors (Lipinski definition) is 2. The predicted molar refractivity (Wildman–Crippen MR) is 111 cm³/mol. The molecule has 0 aliphatic heterocycles. The summed E-state index contributed by atoms with van der Waals surface area (Å²) in [5.74, 6) is -3.22. The van der Waals surface area contributed by atoms with Crippen LogP contribution in [-0.2, 0) is 29.0 Å². The number of nitrogens with one attached hydrogen (secondary N) is 1. The number of carbonyl (C=O) groups is 2. The Morgan fingerprint density at radius 2 is 1.55 bits per heavy atom. The zero-order valence-electron chi connectivity index (χ0n) is 16.6. The van der Waals surface area contributed by atoms with Gasteiger partial charge in [0.05, 0.1) is 6.42 Å². The van der Waals surface area contributed by atoms with Gasteiger partial charge < -0.3 is 15.2 Å². The van der Waals surface area contributed by atoms with Crippen LogP contribution in [0.25, 0.3) is 0 Å². The van der Waals surface area contributed by atoms with Crippen LogP contribution >= 0.6 is 0 Å². The summed E-state index contributed by atoms with van der Waals surface area (Å²) in [6, 6.07) is 18.6. The van der Waals surface area contributed by atoms with Crippen molar-refractivity contribution < 1.29 is 28.2 Å². The maximum atomic E-state index is 13.3. The molecular formula is C24H21F2NO4. The molecule has 7 heteroatoms. The van der Waals surface area contributed by atoms with Crippen LogP contribution in [0.4, 0.5) is 8.78 Å². The van der Waals surface area contributed by atoms with Gasteiger partial charge in [0.2, 0.25) is 5.91 Å². The summed E-state index contributed by atoms with van der Waals surface area (Å²) >= 11 is 0. The molecule has 0 spiro atoms. The Labute approximate surface area is 178 Å². The van der Waals surface area contributed by atoms with Crippen molar-refractivity contribution >= 4 is 11.9 Å². The molecule has 0 saturated heterocycles. The fraction of sp³-hybridized carbons (Fsp3) is 0.167. The first-order valence-electron chi connectivity index (χ1n) is 9.62. The lowest BCUT2D eigenvalue weighted by Crippen LogP contribution is -2.43. The molecule has 1 atom stereocenters. The van der Waals surface area contributed by atoms with Gasteiger partial charge in [0.1, 0.15) is 18.4 Å². The second-order valence-corrected chi connectivity index (χ2v) is 7.01. The van der Waals surface area contributed by atoms with E-state index in [1.807, 2.05) is 30.3 Å². The number of halogens is 2. The van der Waals surface area contributed by atoms with Gasteiger partial charge in [-0.1, -0.05) is 48.5 Å². The van der Waals surface area contributed by atoms with Crippen LogP contribution in [0.3, 0.4) is 0 Å². The Hall–Kier alpha value is -3.74. The summed E-state index contributed by atoms with van der Waals surface area (Å²) in [4.78, 5) is 23.7. The molecule has 160 valence electrons. The van der Waals surface area contributed by atoms with Gasteiger partial charge in [0.15, 0.2) is 11.6 Å². The zero-order valence-corrected chi connectivity index (χ0v) is 16.6. The van der Waals surface area contributed by atoms with E-state index in [0.29, 0.717) is 17.9 Å². The van der Waals surface area contributed by atoms with E-state index < -0.39 is 29.6 Å². The van der Waals surface area contributed by atoms with Gasteiger partial charge in [-0.05, 0) is 41.0 Å². The second-order valence-electron chi connectivity index (χ2n) is 7.01. The molecule has 3 aromatic carbocycles. The fourth-order valence-corrected chi connectivity index (χ4v) is 2.98. The van der Waals surface area contributed by atoms with E-state index >= 15 is 0 Å². The predicted octanol–water partition coefficient (Wildman–Crippen LogP) is 3.90. The molecule has 31 heavy (non-hydrogen) atoms. The molecule has 0 radical (unpaired) electrons. The van der Waals surface area contributed by atoms with E-state index in [-0.39, 0.29) is 18.4 Å². The van der Waals surface area contributed by atoms with E-state index in [4.69, 9.17) is 4.74 Å². The molecule has 0 aromatic heterocycles. The van der Waals surface area contributed by atoms with E-state index in [1.165, 1.54) is 6.07 Å². The topological polar surface area (TPSA) is 75.6 Å². The molecule has 3 aromatic rings. The summed E-state index contributed by atoms with van der Waals surface area (Å²) in [6.45, 7) is 0.415. The fourth-order valence-electron chi connectivity index (χ4n) is 2.98. The summed E-state index contributed by atoms with van der Waals surface area (Å²) in [5, 5.41) is 11.9. The number of ether oxygens (including phenoxy) is 1. The smallest absolute Gasteiger partial charge is 0.326 e. The first kappa shape index (κ1) is 22.0. The SMILES string of the molecule is O=C(Cc1ccc(F)c(F)c1)N[C@@H](Cc1ccc(OCc2ccccc2)cc1)C(=O)O. The van der Waals surface area contributed by atoms with Gasteiger partial charge in [0.25, 0.3) is 0 Å². The standard InChI is InChI=1S/C24H21F2NO4/c25-20-11-8-18(12-21(20)26)14-23(28)27-22(24(29)30)13-16-6-9-19(10-7-16)31-15-17-4-2-1-3-5-17/h1-12,22H,13-15H2,(H,27,28)(H,29,30)/t22-/m0/s1. The minimum atomic E-state index is -1.19. The number of benzene rings is 3. The van der Waals surface area contributed by atoms with Crippen LogP contribution in [0.5, 0.6) is 5.75 Å². The summed E-state index contributed by atoms with van der Waals surface area (Å²) in [6.07, 6.45) is -0.189. The average molecular weight is 425 g/mol. The largest absolute Gasteiger partial charge is 0.489 e. The van der Waals surface area contributed by atoms with E-state index in [2.05, 4.69) is 5.32 Å². The molecule has 0 aliphatic carbocycles. The lowest BCUT2D eigenvalue weighted by Gasteiger charge is -2.15. The molecule has 2 N–H and O–H groups in total. The van der Waals surface area contributed by atoms with E-state index in [9.17, 15) is 23.5 Å². The van der Waals surface area contributed by atoms with Crippen LogP contribution in [-0.4, -0.2) is 23.0 Å². The van der Waals surface area contributed by atoms with Gasteiger partial charge in [-0.3, -0.25) is 4.79 Å². The Morgan fingerprint density at radius 3 is 2.19 bits per heavy atom. The number of amides is 1. The van der Waals surface area contributed by atoms with Gasteiger partial charge in [-0.25, -0.2) is 13.6 Å². The van der Waals surface area contributed by atoms with Crippen LogP contribution in [0.15, 0.2) is 72.8 Å². The zero-order chi connectivity index (χ0) is 22.2. The van der Waals surface area contributed by atoms with Crippen molar-refractivity contribution in [3.05, 3.63) is 101 Å². The third kappa shape index (κ3) is 6.64. The molecule has 0 saturated carbocycles. The highest BCUT2D eigenvalue weighted by Gasteiger charge is 2.21. The highest BCUT2D eigenvalue weighted by atomic mass is 19.2. The van der Waals surface area contributed by atoms with E-state index in [1.54, 1.807) is 24.3 Å². The highest BCUT2D eigenvalue weighted by molar-refractivity contribution is 5.85. The van der Waals surface area contributed by atoms with Crippen molar-refractivity contribution in [2.24, 2.45) is 0 Å². The summed E-state index contributed by atoms with van der Waals surface area (Å²) in [7, 11) is 0. The van der Waals surface area contributed by atoms with Crippen LogP contribution < -0.4 is 10.1 Å². The molecule has 0 fully saturated rings. The summed E-state index contributed by atoms with van der Waals surface area (Å²) in [5.41, 5.74) is 1.98. The van der Waals surface area contributed by atoms with Gasteiger partial charge in [-0.2, -0.15) is 0 Å². The minimum absolute atomic E-state index is 0.0673. The third-order valence-corrected chi connectivity index (χ3v) is 4.59.